The van der Waals surface area contributed by atoms with Crippen molar-refractivity contribution in [2.75, 3.05) is 0 Å². The number of fused-ring (bicyclic) bond motifs is 4. The zero-order chi connectivity index (χ0) is 23.0. The maximum Gasteiger partial charge on any atom is 0.138 e. The number of hydrogen-bond donors (Lipinski definition) is 0. The van der Waals surface area contributed by atoms with Crippen LogP contribution in [0.4, 0.5) is 0 Å². The Kier molecular flexibility index (Phi) is 5.45. The van der Waals surface area contributed by atoms with Gasteiger partial charge in [0.2, 0.25) is 0 Å². The van der Waals surface area contributed by atoms with Crippen molar-refractivity contribution in [1.29, 1.82) is 0 Å². The summed E-state index contributed by atoms with van der Waals surface area (Å²) in [6.45, 7) is 6.94. The van der Waals surface area contributed by atoms with Gasteiger partial charge in [0.05, 0.1) is 0 Å². The third-order valence-electron chi connectivity index (χ3n) is 7.48. The van der Waals surface area contributed by atoms with E-state index >= 15 is 0 Å². The van der Waals surface area contributed by atoms with Crippen LogP contribution in [0, 0.1) is 23.8 Å². The first-order chi connectivity index (χ1) is 16.1. The normalized spacial score (nSPS) is 11.6. The highest BCUT2D eigenvalue weighted by Gasteiger charge is 2.24. The summed E-state index contributed by atoms with van der Waals surface area (Å²) in [6.07, 6.45) is 6.15. The summed E-state index contributed by atoms with van der Waals surface area (Å²) in [5.41, 5.74) is 5.95. The maximum absolute atomic E-state index is 6.15. The molecule has 0 saturated carbocycles. The molecule has 0 heterocycles. The Bertz CT molecular complexity index is 1530. The highest BCUT2D eigenvalue weighted by molar-refractivity contribution is 6.87. The van der Waals surface area contributed by atoms with Crippen molar-refractivity contribution in [2.45, 2.75) is 38.9 Å². The molecule has 1 heteroatoms. The van der Waals surface area contributed by atoms with Gasteiger partial charge in [0, 0.05) is 11.1 Å². The van der Waals surface area contributed by atoms with E-state index in [1.54, 1.807) is 0 Å². The molecule has 0 aliphatic carbocycles. The van der Waals surface area contributed by atoms with Crippen LogP contribution < -0.4 is 0 Å². The predicted molar refractivity (Wildman–Crippen MR) is 148 cm³/mol. The second kappa shape index (κ2) is 8.44. The number of hydrogen-bond acceptors (Lipinski definition) is 0. The summed E-state index contributed by atoms with van der Waals surface area (Å²) in [4.78, 5) is 0. The Labute approximate surface area is 197 Å². The third-order valence-corrected chi connectivity index (χ3v) is 12.2. The summed E-state index contributed by atoms with van der Waals surface area (Å²) in [5, 5.41) is 9.45. The summed E-state index contributed by atoms with van der Waals surface area (Å²) in [6, 6.07) is 29.7. The van der Waals surface area contributed by atoms with Crippen molar-refractivity contribution in [2.24, 2.45) is 0 Å². The van der Waals surface area contributed by atoms with E-state index in [0.29, 0.717) is 0 Å². The topological polar surface area (TPSA) is 0 Å². The molecule has 0 saturated heterocycles. The molecule has 0 fully saturated rings. The first kappa shape index (κ1) is 21.3. The Morgan fingerprint density at radius 3 is 1.30 bits per heavy atom. The van der Waals surface area contributed by atoms with E-state index in [1.807, 2.05) is 0 Å². The Morgan fingerprint density at radius 2 is 0.970 bits per heavy atom. The van der Waals surface area contributed by atoms with E-state index in [9.17, 15) is 0 Å². The minimum absolute atomic E-state index is 0.965. The van der Waals surface area contributed by atoms with Gasteiger partial charge in [-0.25, -0.2) is 0 Å². The molecule has 5 aromatic carbocycles. The van der Waals surface area contributed by atoms with Gasteiger partial charge in [-0.2, -0.15) is 0 Å². The van der Waals surface area contributed by atoms with E-state index in [2.05, 4.69) is 111 Å². The monoisotopic (exact) mass is 440 g/mol. The van der Waals surface area contributed by atoms with Crippen LogP contribution in [0.1, 0.15) is 31.9 Å². The second-order valence-electron chi connectivity index (χ2n) is 8.98. The van der Waals surface area contributed by atoms with E-state index in [0.717, 1.165) is 21.9 Å². The van der Waals surface area contributed by atoms with Gasteiger partial charge in [-0.15, -0.1) is 12.0 Å². The highest BCUT2D eigenvalue weighted by atomic mass is 28.3. The van der Waals surface area contributed by atoms with Gasteiger partial charge in [-0.1, -0.05) is 81.1 Å². The van der Waals surface area contributed by atoms with Gasteiger partial charge in [-0.3, -0.25) is 0 Å². The van der Waals surface area contributed by atoms with Gasteiger partial charge in [0.1, 0.15) is 8.07 Å². The van der Waals surface area contributed by atoms with Crippen LogP contribution in [0.5, 0.6) is 0 Å². The number of terminal acetylenes is 1. The maximum atomic E-state index is 6.15. The molecule has 0 bridgehead atoms. The molecule has 5 rings (SSSR count). The molecule has 0 unspecified atom stereocenters. The summed E-state index contributed by atoms with van der Waals surface area (Å²) < 4.78 is 0. The van der Waals surface area contributed by atoms with Crippen LogP contribution in [0.3, 0.4) is 0 Å². The van der Waals surface area contributed by atoms with E-state index < -0.39 is 8.07 Å². The van der Waals surface area contributed by atoms with Gasteiger partial charge in [0.15, 0.2) is 0 Å². The van der Waals surface area contributed by atoms with Gasteiger partial charge < -0.3 is 0 Å². The molecule has 0 atom stereocenters. The fourth-order valence-electron chi connectivity index (χ4n) is 5.10. The number of benzene rings is 5. The van der Waals surface area contributed by atoms with Crippen molar-refractivity contribution in [1.82, 2.24) is 0 Å². The molecule has 0 amide bonds. The largest absolute Gasteiger partial charge is 0.138 e. The quantitative estimate of drug-likeness (QED) is 0.149. The molecule has 0 aliphatic rings. The fraction of sp³-hybridized carbons (Fsp3) is 0.188. The van der Waals surface area contributed by atoms with Gasteiger partial charge in [-0.05, 0) is 85.5 Å². The lowest BCUT2D eigenvalue weighted by atomic mass is 9.89. The van der Waals surface area contributed by atoms with Crippen molar-refractivity contribution in [3.05, 3.63) is 83.9 Å². The van der Waals surface area contributed by atoms with Crippen LogP contribution in [0.25, 0.3) is 43.1 Å². The smallest absolute Gasteiger partial charge is 0.126 e. The van der Waals surface area contributed by atoms with Crippen LogP contribution in [0.15, 0.2) is 72.8 Å². The van der Waals surface area contributed by atoms with E-state index in [4.69, 9.17) is 6.42 Å². The second-order valence-corrected chi connectivity index (χ2v) is 13.9. The molecule has 0 spiro atoms. The van der Waals surface area contributed by atoms with Crippen LogP contribution in [-0.2, 0) is 0 Å². The van der Waals surface area contributed by atoms with E-state index in [1.165, 1.54) is 50.4 Å². The zero-order valence-corrected chi connectivity index (χ0v) is 20.6. The minimum atomic E-state index is -1.61. The van der Waals surface area contributed by atoms with Crippen LogP contribution in [-0.4, -0.2) is 8.07 Å². The van der Waals surface area contributed by atoms with Gasteiger partial charge in [0.25, 0.3) is 0 Å². The SMILES string of the molecule is C#Cc1c2cc3ccccc3cc2c(C#C[Si](CC)(CC)CC)c2cc3ccccc3cc12. The lowest BCUT2D eigenvalue weighted by Crippen LogP contribution is -2.29. The Morgan fingerprint density at radius 1 is 0.606 bits per heavy atom. The summed E-state index contributed by atoms with van der Waals surface area (Å²) in [5.74, 6) is 6.78. The summed E-state index contributed by atoms with van der Waals surface area (Å²) in [7, 11) is -1.61. The molecule has 5 aromatic rings. The van der Waals surface area contributed by atoms with Crippen molar-refractivity contribution >= 4 is 51.2 Å². The average Bonchev–Trinajstić information content (AvgIpc) is 2.87. The van der Waals surface area contributed by atoms with Crippen molar-refractivity contribution in [3.63, 3.8) is 0 Å². The Balaban J connectivity index is 2.00. The molecule has 0 N–H and O–H groups in total. The standard InChI is InChI=1S/C32H28Si/c1-5-27-29-19-23-13-9-11-15-25(23)21-31(29)28(17-18-33(6-2,7-3)8-4)32-22-26-16-12-10-14-24(26)20-30(27)32/h1,9-16,19-22H,6-8H2,2-4H3. The molecular weight excluding hydrogens is 412 g/mol. The van der Waals surface area contributed by atoms with E-state index in [-0.39, 0.29) is 0 Å². The van der Waals surface area contributed by atoms with Gasteiger partial charge >= 0.3 is 0 Å². The third kappa shape index (κ3) is 3.50. The van der Waals surface area contributed by atoms with Crippen LogP contribution >= 0.6 is 0 Å². The molecule has 160 valence electrons. The first-order valence-electron chi connectivity index (χ1n) is 11.9. The lowest BCUT2D eigenvalue weighted by molar-refractivity contribution is 1.20. The van der Waals surface area contributed by atoms with Crippen LogP contribution in [0.2, 0.25) is 18.1 Å². The zero-order valence-electron chi connectivity index (χ0n) is 19.6. The fourth-order valence-corrected chi connectivity index (χ4v) is 7.52. The predicted octanol–water partition coefficient (Wildman–Crippen LogP) is 8.68. The molecule has 0 nitrogen and oxygen atoms in total. The minimum Gasteiger partial charge on any atom is -0.126 e. The molecule has 33 heavy (non-hydrogen) atoms. The molecule has 0 aliphatic heterocycles. The first-order valence-corrected chi connectivity index (χ1v) is 14.6. The summed E-state index contributed by atoms with van der Waals surface area (Å²) >= 11 is 0. The highest BCUT2D eigenvalue weighted by Crippen LogP contribution is 2.37. The average molecular weight is 441 g/mol. The molecular formula is C32H28Si. The Hall–Kier alpha value is -3.52. The van der Waals surface area contributed by atoms with Crippen molar-refractivity contribution in [3.8, 4) is 23.8 Å². The molecule has 0 aromatic heterocycles. The van der Waals surface area contributed by atoms with Crippen molar-refractivity contribution < 1.29 is 0 Å². The lowest BCUT2D eigenvalue weighted by Gasteiger charge is -2.20. The molecule has 0 radical (unpaired) electrons. The number of rotatable bonds is 3.